The molecule has 0 heterocycles. The summed E-state index contributed by atoms with van der Waals surface area (Å²) in [7, 11) is 0. The molecule has 1 unspecified atom stereocenters. The van der Waals surface area contributed by atoms with Gasteiger partial charge >= 0.3 is 0 Å². The molecule has 0 amide bonds. The number of benzene rings is 1. The van der Waals surface area contributed by atoms with Crippen molar-refractivity contribution in [1.29, 1.82) is 5.26 Å². The van der Waals surface area contributed by atoms with E-state index in [4.69, 9.17) is 11.0 Å². The molecule has 2 nitrogen and oxygen atoms in total. The fourth-order valence-corrected chi connectivity index (χ4v) is 1.26. The van der Waals surface area contributed by atoms with Gasteiger partial charge in [0.15, 0.2) is 0 Å². The summed E-state index contributed by atoms with van der Waals surface area (Å²) in [6, 6.07) is 9.62. The van der Waals surface area contributed by atoms with Crippen molar-refractivity contribution in [3.05, 3.63) is 35.4 Å². The zero-order valence-corrected chi connectivity index (χ0v) is 8.91. The maximum Gasteiger partial charge on any atom is 0.0991 e. The van der Waals surface area contributed by atoms with Crippen molar-refractivity contribution in [3.63, 3.8) is 0 Å². The molecule has 2 N–H and O–H groups in total. The van der Waals surface area contributed by atoms with Crippen LogP contribution < -0.4 is 5.73 Å². The highest BCUT2D eigenvalue weighted by Gasteiger charge is 2.25. The van der Waals surface area contributed by atoms with Crippen LogP contribution in [0.1, 0.15) is 31.9 Å². The first kappa shape index (κ1) is 10.7. The minimum absolute atomic E-state index is 0.344. The van der Waals surface area contributed by atoms with Crippen molar-refractivity contribution in [2.24, 2.45) is 11.7 Å². The monoisotopic (exact) mass is 188 g/mol. The van der Waals surface area contributed by atoms with E-state index in [2.05, 4.69) is 19.9 Å². The van der Waals surface area contributed by atoms with Crippen molar-refractivity contribution < 1.29 is 0 Å². The molecule has 14 heavy (non-hydrogen) atoms. The van der Waals surface area contributed by atoms with Crippen LogP contribution in [-0.4, -0.2) is 0 Å². The molecule has 0 saturated heterocycles. The minimum atomic E-state index is -0.368. The fraction of sp³-hybridized carbons (Fsp3) is 0.417. The van der Waals surface area contributed by atoms with Gasteiger partial charge in [0.2, 0.25) is 0 Å². The summed E-state index contributed by atoms with van der Waals surface area (Å²) in [5.74, 6) is 0.344. The highest BCUT2D eigenvalue weighted by molar-refractivity contribution is 5.36. The molecule has 74 valence electrons. The third kappa shape index (κ3) is 1.94. The summed E-state index contributed by atoms with van der Waals surface area (Å²) in [5, 5.41) is 8.78. The van der Waals surface area contributed by atoms with Gasteiger partial charge in [-0.15, -0.1) is 0 Å². The smallest absolute Gasteiger partial charge is 0.0991 e. The predicted molar refractivity (Wildman–Crippen MR) is 57.5 cm³/mol. The van der Waals surface area contributed by atoms with E-state index in [0.717, 1.165) is 5.56 Å². The topological polar surface area (TPSA) is 49.8 Å². The molecule has 0 aliphatic rings. The molecule has 0 fully saturated rings. The van der Waals surface area contributed by atoms with E-state index in [1.807, 2.05) is 25.1 Å². The predicted octanol–water partition coefficient (Wildman–Crippen LogP) is 2.39. The van der Waals surface area contributed by atoms with Crippen molar-refractivity contribution in [3.8, 4) is 6.07 Å². The molecule has 1 aromatic rings. The van der Waals surface area contributed by atoms with Gasteiger partial charge in [-0.2, -0.15) is 5.26 Å². The van der Waals surface area contributed by atoms with Gasteiger partial charge in [0, 0.05) is 5.54 Å². The van der Waals surface area contributed by atoms with E-state index in [0.29, 0.717) is 11.5 Å². The van der Waals surface area contributed by atoms with E-state index >= 15 is 0 Å². The third-order valence-electron chi connectivity index (χ3n) is 2.81. The van der Waals surface area contributed by atoms with Gasteiger partial charge in [-0.3, -0.25) is 0 Å². The number of hydrogen-bond acceptors (Lipinski definition) is 2. The Morgan fingerprint density at radius 2 is 2.07 bits per heavy atom. The Balaban J connectivity index is 3.14. The van der Waals surface area contributed by atoms with Gasteiger partial charge in [-0.25, -0.2) is 0 Å². The summed E-state index contributed by atoms with van der Waals surface area (Å²) in [5.41, 5.74) is 7.51. The van der Waals surface area contributed by atoms with Gasteiger partial charge < -0.3 is 5.73 Å². The molecule has 0 radical (unpaired) electrons. The van der Waals surface area contributed by atoms with E-state index in [9.17, 15) is 0 Å². The molecule has 1 rings (SSSR count). The van der Waals surface area contributed by atoms with Crippen LogP contribution in [0.4, 0.5) is 0 Å². The molecule has 0 aromatic heterocycles. The van der Waals surface area contributed by atoms with E-state index in [1.165, 1.54) is 0 Å². The Bertz CT molecular complexity index is 359. The Morgan fingerprint density at radius 3 is 2.57 bits per heavy atom. The lowest BCUT2D eigenvalue weighted by molar-refractivity contribution is 0.350. The molecule has 1 aromatic carbocycles. The number of nitrogens with two attached hydrogens (primary N) is 1. The Morgan fingerprint density at radius 1 is 1.43 bits per heavy atom. The summed E-state index contributed by atoms with van der Waals surface area (Å²) in [6.45, 7) is 6.16. The maximum atomic E-state index is 8.78. The number of hydrogen-bond donors (Lipinski definition) is 1. The SMILES string of the molecule is CC(C)C(C)(N)c1cccc(C#N)c1. The van der Waals surface area contributed by atoms with Crippen molar-refractivity contribution >= 4 is 0 Å². The summed E-state index contributed by atoms with van der Waals surface area (Å²) < 4.78 is 0. The van der Waals surface area contributed by atoms with E-state index in [1.54, 1.807) is 6.07 Å². The van der Waals surface area contributed by atoms with Crippen molar-refractivity contribution in [2.75, 3.05) is 0 Å². The van der Waals surface area contributed by atoms with Crippen LogP contribution in [0.15, 0.2) is 24.3 Å². The van der Waals surface area contributed by atoms with Crippen LogP contribution >= 0.6 is 0 Å². The first-order valence-corrected chi connectivity index (χ1v) is 4.78. The average Bonchev–Trinajstić information content (AvgIpc) is 2.17. The standard InChI is InChI=1S/C12H16N2/c1-9(2)12(3,14)11-6-4-5-10(7-11)8-13/h4-7,9H,14H2,1-3H3. The maximum absolute atomic E-state index is 8.78. The molecular weight excluding hydrogens is 172 g/mol. The van der Waals surface area contributed by atoms with Gasteiger partial charge in [0.1, 0.15) is 0 Å². The fourth-order valence-electron chi connectivity index (χ4n) is 1.26. The van der Waals surface area contributed by atoms with Gasteiger partial charge in [-0.05, 0) is 30.5 Å². The van der Waals surface area contributed by atoms with Crippen LogP contribution in [0.3, 0.4) is 0 Å². The normalized spacial score (nSPS) is 14.9. The second-order valence-corrected chi connectivity index (χ2v) is 4.13. The van der Waals surface area contributed by atoms with Crippen LogP contribution in [0.25, 0.3) is 0 Å². The Hall–Kier alpha value is -1.33. The highest BCUT2D eigenvalue weighted by Crippen LogP contribution is 2.26. The molecular formula is C12H16N2. The van der Waals surface area contributed by atoms with Gasteiger partial charge in [0.25, 0.3) is 0 Å². The minimum Gasteiger partial charge on any atom is -0.321 e. The van der Waals surface area contributed by atoms with Crippen LogP contribution in [0.2, 0.25) is 0 Å². The van der Waals surface area contributed by atoms with Crippen LogP contribution in [0, 0.1) is 17.2 Å². The van der Waals surface area contributed by atoms with Gasteiger partial charge in [-0.1, -0.05) is 26.0 Å². The third-order valence-corrected chi connectivity index (χ3v) is 2.81. The molecule has 0 spiro atoms. The molecule has 0 bridgehead atoms. The number of nitrogens with zero attached hydrogens (tertiary/aromatic N) is 1. The first-order valence-electron chi connectivity index (χ1n) is 4.78. The van der Waals surface area contributed by atoms with Crippen molar-refractivity contribution in [2.45, 2.75) is 26.3 Å². The lowest BCUT2D eigenvalue weighted by atomic mass is 9.82. The molecule has 0 aliphatic heterocycles. The van der Waals surface area contributed by atoms with Gasteiger partial charge in [0.05, 0.1) is 11.6 Å². The average molecular weight is 188 g/mol. The van der Waals surface area contributed by atoms with E-state index < -0.39 is 0 Å². The number of nitriles is 1. The summed E-state index contributed by atoms with van der Waals surface area (Å²) in [4.78, 5) is 0. The molecule has 0 aliphatic carbocycles. The largest absolute Gasteiger partial charge is 0.321 e. The number of rotatable bonds is 2. The first-order chi connectivity index (χ1) is 6.48. The highest BCUT2D eigenvalue weighted by atomic mass is 14.7. The Labute approximate surface area is 85.4 Å². The van der Waals surface area contributed by atoms with E-state index in [-0.39, 0.29) is 5.54 Å². The Kier molecular flexibility index (Phi) is 2.93. The zero-order valence-electron chi connectivity index (χ0n) is 8.91. The molecule has 1 atom stereocenters. The lowest BCUT2D eigenvalue weighted by Gasteiger charge is -2.29. The molecule has 0 saturated carbocycles. The van der Waals surface area contributed by atoms with Crippen molar-refractivity contribution in [1.82, 2.24) is 0 Å². The quantitative estimate of drug-likeness (QED) is 0.774. The second kappa shape index (κ2) is 3.81. The zero-order chi connectivity index (χ0) is 10.8. The van der Waals surface area contributed by atoms with Crippen LogP contribution in [0.5, 0.6) is 0 Å². The molecule has 2 heteroatoms. The second-order valence-electron chi connectivity index (χ2n) is 4.13. The summed E-state index contributed by atoms with van der Waals surface area (Å²) >= 11 is 0. The van der Waals surface area contributed by atoms with Crippen LogP contribution in [-0.2, 0) is 5.54 Å². The summed E-state index contributed by atoms with van der Waals surface area (Å²) in [6.07, 6.45) is 0. The lowest BCUT2D eigenvalue weighted by Crippen LogP contribution is -2.38.